The molecule has 0 saturated heterocycles. The highest BCUT2D eigenvalue weighted by Gasteiger charge is 2.11. The van der Waals surface area contributed by atoms with Crippen molar-refractivity contribution in [3.8, 4) is 5.75 Å². The SMILES string of the molecule is Cc1ccc(OCCN(C)CC(=O)NC(=O)NCCC2=CCCCC2)cc1. The molecule has 27 heavy (non-hydrogen) atoms. The summed E-state index contributed by atoms with van der Waals surface area (Å²) in [6.07, 6.45) is 7.88. The van der Waals surface area contributed by atoms with E-state index in [0.717, 1.165) is 25.0 Å². The van der Waals surface area contributed by atoms with Crippen molar-refractivity contribution >= 4 is 11.9 Å². The lowest BCUT2D eigenvalue weighted by atomic mass is 9.97. The Hall–Kier alpha value is -2.34. The Morgan fingerprint density at radius 1 is 1.19 bits per heavy atom. The molecule has 0 unspecified atom stereocenters. The van der Waals surface area contributed by atoms with Crippen molar-refractivity contribution in [2.24, 2.45) is 0 Å². The number of ether oxygens (including phenoxy) is 1. The van der Waals surface area contributed by atoms with Crippen LogP contribution in [0.2, 0.25) is 0 Å². The number of likely N-dealkylation sites (N-methyl/N-ethyl adjacent to an activating group) is 1. The summed E-state index contributed by atoms with van der Waals surface area (Å²) < 4.78 is 5.65. The first-order valence-electron chi connectivity index (χ1n) is 9.66. The number of nitrogens with one attached hydrogen (secondary N) is 2. The van der Waals surface area contributed by atoms with Gasteiger partial charge in [-0.1, -0.05) is 29.3 Å². The van der Waals surface area contributed by atoms with E-state index < -0.39 is 6.03 Å². The molecule has 6 heteroatoms. The molecule has 0 spiro atoms. The maximum absolute atomic E-state index is 11.9. The highest BCUT2D eigenvalue weighted by Crippen LogP contribution is 2.19. The summed E-state index contributed by atoms with van der Waals surface area (Å²) in [5.41, 5.74) is 2.59. The molecule has 0 aliphatic heterocycles. The Morgan fingerprint density at radius 2 is 1.96 bits per heavy atom. The zero-order valence-electron chi connectivity index (χ0n) is 16.4. The van der Waals surface area contributed by atoms with Crippen LogP contribution in [0.15, 0.2) is 35.9 Å². The van der Waals surface area contributed by atoms with Crippen molar-refractivity contribution in [3.63, 3.8) is 0 Å². The quantitative estimate of drug-likeness (QED) is 0.653. The fourth-order valence-corrected chi connectivity index (χ4v) is 2.96. The molecule has 1 aliphatic rings. The van der Waals surface area contributed by atoms with Crippen LogP contribution in [-0.2, 0) is 4.79 Å². The number of nitrogens with zero attached hydrogens (tertiary/aromatic N) is 1. The number of urea groups is 1. The van der Waals surface area contributed by atoms with Crippen LogP contribution in [0.25, 0.3) is 0 Å². The van der Waals surface area contributed by atoms with Crippen LogP contribution in [0.5, 0.6) is 5.75 Å². The van der Waals surface area contributed by atoms with Crippen LogP contribution in [0, 0.1) is 6.92 Å². The third-order valence-corrected chi connectivity index (χ3v) is 4.55. The minimum atomic E-state index is -0.430. The Morgan fingerprint density at radius 3 is 2.67 bits per heavy atom. The van der Waals surface area contributed by atoms with Gasteiger partial charge in [0.1, 0.15) is 12.4 Å². The molecule has 0 fully saturated rings. The van der Waals surface area contributed by atoms with Crippen molar-refractivity contribution in [2.45, 2.75) is 39.0 Å². The number of benzene rings is 1. The number of imide groups is 1. The van der Waals surface area contributed by atoms with Crippen molar-refractivity contribution < 1.29 is 14.3 Å². The lowest BCUT2D eigenvalue weighted by molar-refractivity contribution is -0.120. The summed E-state index contributed by atoms with van der Waals surface area (Å²) in [6, 6.07) is 7.41. The van der Waals surface area contributed by atoms with Gasteiger partial charge in [-0.3, -0.25) is 15.0 Å². The van der Waals surface area contributed by atoms with Crippen LogP contribution >= 0.6 is 0 Å². The van der Waals surface area contributed by atoms with E-state index in [-0.39, 0.29) is 12.5 Å². The molecule has 0 saturated carbocycles. The number of aryl methyl sites for hydroxylation is 1. The summed E-state index contributed by atoms with van der Waals surface area (Å²) in [5.74, 6) is 0.494. The minimum Gasteiger partial charge on any atom is -0.492 e. The van der Waals surface area contributed by atoms with E-state index in [9.17, 15) is 9.59 Å². The first-order chi connectivity index (χ1) is 13.0. The first kappa shape index (κ1) is 21.0. The number of hydrogen-bond donors (Lipinski definition) is 2. The van der Waals surface area contributed by atoms with Gasteiger partial charge in [0, 0.05) is 13.1 Å². The lowest BCUT2D eigenvalue weighted by Gasteiger charge is -2.17. The molecule has 148 valence electrons. The third kappa shape index (κ3) is 8.73. The number of hydrogen-bond acceptors (Lipinski definition) is 4. The molecule has 1 aliphatic carbocycles. The third-order valence-electron chi connectivity index (χ3n) is 4.55. The number of carbonyl (C=O) groups is 2. The standard InChI is InChI=1S/C21H31N3O3/c1-17-8-10-19(11-9-17)27-15-14-24(2)16-20(25)23-21(26)22-13-12-18-6-4-3-5-7-18/h6,8-11H,3-5,7,12-16H2,1-2H3,(H2,22,23,25,26). The second-order valence-corrected chi connectivity index (χ2v) is 7.06. The zero-order valence-corrected chi connectivity index (χ0v) is 16.4. The van der Waals surface area contributed by atoms with E-state index in [1.54, 1.807) is 0 Å². The molecule has 2 N–H and O–H groups in total. The molecule has 1 aromatic carbocycles. The second-order valence-electron chi connectivity index (χ2n) is 7.06. The van der Waals surface area contributed by atoms with Crippen LogP contribution in [0.1, 0.15) is 37.7 Å². The Balaban J connectivity index is 1.56. The van der Waals surface area contributed by atoms with Crippen molar-refractivity contribution in [3.05, 3.63) is 41.5 Å². The van der Waals surface area contributed by atoms with Crippen LogP contribution < -0.4 is 15.4 Å². The van der Waals surface area contributed by atoms with Crippen LogP contribution in [-0.4, -0.2) is 50.1 Å². The highest BCUT2D eigenvalue weighted by atomic mass is 16.5. The van der Waals surface area contributed by atoms with Crippen LogP contribution in [0.4, 0.5) is 4.79 Å². The van der Waals surface area contributed by atoms with Gasteiger partial charge >= 0.3 is 6.03 Å². The maximum Gasteiger partial charge on any atom is 0.321 e. The molecular formula is C21H31N3O3. The summed E-state index contributed by atoms with van der Waals surface area (Å²) in [7, 11) is 1.82. The molecule has 0 atom stereocenters. The average molecular weight is 373 g/mol. The predicted octanol–water partition coefficient (Wildman–Crippen LogP) is 3.02. The second kappa shape index (κ2) is 11.4. The molecular weight excluding hydrogens is 342 g/mol. The highest BCUT2D eigenvalue weighted by molar-refractivity contribution is 5.95. The van der Waals surface area contributed by atoms with Gasteiger partial charge in [0.2, 0.25) is 5.91 Å². The minimum absolute atomic E-state index is 0.149. The first-order valence-corrected chi connectivity index (χ1v) is 9.66. The van der Waals surface area contributed by atoms with Gasteiger partial charge in [-0.05, 0) is 58.2 Å². The van der Waals surface area contributed by atoms with Gasteiger partial charge < -0.3 is 10.1 Å². The molecule has 2 rings (SSSR count). The average Bonchev–Trinajstić information content (AvgIpc) is 2.64. The van der Waals surface area contributed by atoms with E-state index >= 15 is 0 Å². The fourth-order valence-electron chi connectivity index (χ4n) is 2.96. The molecule has 0 heterocycles. The van der Waals surface area contributed by atoms with Gasteiger partial charge in [-0.2, -0.15) is 0 Å². The molecule has 0 aromatic heterocycles. The largest absolute Gasteiger partial charge is 0.492 e. The monoisotopic (exact) mass is 373 g/mol. The van der Waals surface area contributed by atoms with Crippen molar-refractivity contribution in [2.75, 3.05) is 33.3 Å². The van der Waals surface area contributed by atoms with Gasteiger partial charge in [0.15, 0.2) is 0 Å². The maximum atomic E-state index is 11.9. The van der Waals surface area contributed by atoms with E-state index in [1.807, 2.05) is 43.1 Å². The normalized spacial score (nSPS) is 13.8. The summed E-state index contributed by atoms with van der Waals surface area (Å²) >= 11 is 0. The van der Waals surface area contributed by atoms with Crippen LogP contribution in [0.3, 0.4) is 0 Å². The van der Waals surface area contributed by atoms with Crippen molar-refractivity contribution in [1.82, 2.24) is 15.5 Å². The molecule has 0 radical (unpaired) electrons. The molecule has 1 aromatic rings. The van der Waals surface area contributed by atoms with Gasteiger partial charge in [-0.25, -0.2) is 4.79 Å². The van der Waals surface area contributed by atoms with Gasteiger partial charge in [0.25, 0.3) is 0 Å². The van der Waals surface area contributed by atoms with Gasteiger partial charge in [-0.15, -0.1) is 0 Å². The zero-order chi connectivity index (χ0) is 19.5. The number of amides is 3. The molecule has 3 amide bonds. The molecule has 0 bridgehead atoms. The van der Waals surface area contributed by atoms with Gasteiger partial charge in [0.05, 0.1) is 6.54 Å². The predicted molar refractivity (Wildman–Crippen MR) is 107 cm³/mol. The Bertz CT molecular complexity index is 641. The number of allylic oxidation sites excluding steroid dienone is 1. The fraction of sp³-hybridized carbons (Fsp3) is 0.524. The summed E-state index contributed by atoms with van der Waals surface area (Å²) in [4.78, 5) is 25.6. The molecule has 6 nitrogen and oxygen atoms in total. The van der Waals surface area contributed by atoms with E-state index in [1.165, 1.54) is 24.0 Å². The lowest BCUT2D eigenvalue weighted by Crippen LogP contribution is -2.44. The van der Waals surface area contributed by atoms with Crippen molar-refractivity contribution in [1.29, 1.82) is 0 Å². The van der Waals surface area contributed by atoms with E-state index in [0.29, 0.717) is 19.7 Å². The summed E-state index contributed by atoms with van der Waals surface area (Å²) in [6.45, 7) is 3.81. The van der Waals surface area contributed by atoms with E-state index in [2.05, 4.69) is 16.7 Å². The number of rotatable bonds is 9. The summed E-state index contributed by atoms with van der Waals surface area (Å²) in [5, 5.41) is 5.12. The van der Waals surface area contributed by atoms with E-state index in [4.69, 9.17) is 4.74 Å². The Kier molecular flexibility index (Phi) is 8.84. The number of carbonyl (C=O) groups excluding carboxylic acids is 2. The topological polar surface area (TPSA) is 70.7 Å². The Labute approximate surface area is 162 Å². The smallest absolute Gasteiger partial charge is 0.321 e.